The van der Waals surface area contributed by atoms with Crippen molar-refractivity contribution in [3.8, 4) is 17.2 Å². The molecular formula is C42H39N3O7. The molecule has 10 nitrogen and oxygen atoms in total. The van der Waals surface area contributed by atoms with Gasteiger partial charge in [-0.2, -0.15) is 5.01 Å². The number of nitrogens with zero attached hydrogens (tertiary/aromatic N) is 2. The zero-order valence-corrected chi connectivity index (χ0v) is 28.9. The quantitative estimate of drug-likeness (QED) is 0.159. The van der Waals surface area contributed by atoms with E-state index in [1.165, 1.54) is 12.0 Å². The average Bonchev–Trinajstić information content (AvgIpc) is 3.52. The third-order valence-corrected chi connectivity index (χ3v) is 11.6. The molecule has 0 spiro atoms. The number of nitrogens with one attached hydrogen (secondary N) is 1. The Hall–Kier alpha value is -5.90. The summed E-state index contributed by atoms with van der Waals surface area (Å²) in [6, 6.07) is 28.4. The van der Waals surface area contributed by atoms with Crippen molar-refractivity contribution in [3.63, 3.8) is 0 Å². The normalized spacial score (nSPS) is 26.5. The van der Waals surface area contributed by atoms with Crippen molar-refractivity contribution in [1.82, 2.24) is 9.91 Å². The molecule has 0 aromatic heterocycles. The maximum absolute atomic E-state index is 15.2. The van der Waals surface area contributed by atoms with Gasteiger partial charge in [0.15, 0.2) is 11.5 Å². The second kappa shape index (κ2) is 12.7. The highest BCUT2D eigenvalue weighted by Gasteiger charge is 2.70. The van der Waals surface area contributed by atoms with Gasteiger partial charge in [0, 0.05) is 12.5 Å². The van der Waals surface area contributed by atoms with Crippen LogP contribution in [0.3, 0.4) is 0 Å². The Balaban J connectivity index is 1.25. The molecule has 2 aliphatic heterocycles. The average molecular weight is 698 g/mol. The van der Waals surface area contributed by atoms with Crippen LogP contribution in [0.25, 0.3) is 0 Å². The summed E-state index contributed by atoms with van der Waals surface area (Å²) in [5.41, 5.74) is 6.21. The minimum Gasteiger partial charge on any atom is -0.508 e. The number of aryl methyl sites for hydroxylation is 1. The van der Waals surface area contributed by atoms with Crippen LogP contribution in [-0.2, 0) is 31.0 Å². The van der Waals surface area contributed by atoms with Gasteiger partial charge in [-0.1, -0.05) is 77.9 Å². The Labute approximate surface area is 301 Å². The Morgan fingerprint density at radius 2 is 1.58 bits per heavy atom. The lowest BCUT2D eigenvalue weighted by molar-refractivity contribution is -0.141. The number of rotatable bonds is 8. The minimum absolute atomic E-state index is 0.116. The first-order chi connectivity index (χ1) is 25.1. The maximum atomic E-state index is 15.2. The molecule has 1 saturated carbocycles. The second-order valence-corrected chi connectivity index (χ2v) is 14.3. The summed E-state index contributed by atoms with van der Waals surface area (Å²) in [4.78, 5) is 59.7. The molecule has 2 aliphatic carbocycles. The second-order valence-electron chi connectivity index (χ2n) is 14.3. The molecule has 4 amide bonds. The third kappa shape index (κ3) is 5.07. The zero-order chi connectivity index (χ0) is 36.3. The smallest absolute Gasteiger partial charge is 0.260 e. The summed E-state index contributed by atoms with van der Waals surface area (Å²) in [6.45, 7) is 2.15. The Morgan fingerprint density at radius 3 is 2.27 bits per heavy atom. The fourth-order valence-electron chi connectivity index (χ4n) is 9.20. The van der Waals surface area contributed by atoms with Crippen LogP contribution in [0.15, 0.2) is 109 Å². The van der Waals surface area contributed by atoms with Crippen LogP contribution in [0.5, 0.6) is 17.2 Å². The number of hydrazine groups is 1. The Bertz CT molecular complexity index is 2110. The molecule has 0 radical (unpaired) electrons. The van der Waals surface area contributed by atoms with Crippen LogP contribution in [0.1, 0.15) is 41.0 Å². The SMILES string of the molecule is COc1ccc([C@H]2C3=CC[C@@H]4C(=O)N(CCc5ccc(O)cc5)C(=O)[C@@H]4[C@@H]3C[C@H]3C(=O)N(Nc4ccc(C)cc4)C(=O)[C@@]23c2ccccc2)cc1O. The number of anilines is 1. The van der Waals surface area contributed by atoms with Gasteiger partial charge in [0.05, 0.1) is 36.0 Å². The van der Waals surface area contributed by atoms with E-state index in [4.69, 9.17) is 4.74 Å². The van der Waals surface area contributed by atoms with E-state index < -0.39 is 46.8 Å². The highest BCUT2D eigenvalue weighted by molar-refractivity contribution is 6.13. The molecule has 4 aliphatic rings. The molecule has 8 rings (SSSR count). The summed E-state index contributed by atoms with van der Waals surface area (Å²) in [7, 11) is 1.46. The molecule has 4 aromatic rings. The molecule has 6 atom stereocenters. The first kappa shape index (κ1) is 33.3. The van der Waals surface area contributed by atoms with Gasteiger partial charge in [0.25, 0.3) is 11.8 Å². The lowest BCUT2D eigenvalue weighted by Gasteiger charge is -2.50. The topological polar surface area (TPSA) is 136 Å². The van der Waals surface area contributed by atoms with Crippen molar-refractivity contribution in [2.75, 3.05) is 19.1 Å². The number of carbonyl (C=O) groups excluding carboxylic acids is 4. The van der Waals surface area contributed by atoms with Gasteiger partial charge in [-0.3, -0.25) is 29.5 Å². The van der Waals surface area contributed by atoms with Crippen LogP contribution in [0.4, 0.5) is 5.69 Å². The zero-order valence-electron chi connectivity index (χ0n) is 28.9. The van der Waals surface area contributed by atoms with E-state index in [0.717, 1.165) is 21.7 Å². The van der Waals surface area contributed by atoms with Gasteiger partial charge in [-0.05, 0) is 85.2 Å². The molecule has 3 fully saturated rings. The van der Waals surface area contributed by atoms with Crippen LogP contribution < -0.4 is 10.2 Å². The van der Waals surface area contributed by atoms with E-state index in [1.807, 2.05) is 67.6 Å². The van der Waals surface area contributed by atoms with E-state index in [9.17, 15) is 24.6 Å². The van der Waals surface area contributed by atoms with E-state index in [1.54, 1.807) is 42.5 Å². The number of aromatic hydroxyl groups is 2. The van der Waals surface area contributed by atoms with Crippen molar-refractivity contribution in [2.24, 2.45) is 23.7 Å². The molecule has 0 unspecified atom stereocenters. The van der Waals surface area contributed by atoms with Gasteiger partial charge < -0.3 is 14.9 Å². The standard InChI is InChI=1S/C42H39N3O7/c1-24-8-13-28(14-9-24)43-45-39(49)33-23-32-30(17-18-31-36(32)40(50)44(38(31)48)21-20-25-10-15-29(46)16-11-25)37(26-12-19-35(52-2)34(47)22-26)42(33,41(45)51)27-6-4-3-5-7-27/h3-17,19,22,31-33,36-37,43,46-47H,18,20-21,23H2,1-2H3/t31-,32+,33-,36-,37-,42+/m0/s1. The first-order valence-electron chi connectivity index (χ1n) is 17.6. The Kier molecular flexibility index (Phi) is 8.12. The number of amides is 4. The van der Waals surface area contributed by atoms with Crippen molar-refractivity contribution < 1.29 is 34.1 Å². The van der Waals surface area contributed by atoms with E-state index >= 15 is 4.79 Å². The summed E-state index contributed by atoms with van der Waals surface area (Å²) < 4.78 is 5.37. The largest absolute Gasteiger partial charge is 0.508 e. The molecule has 0 bridgehead atoms. The van der Waals surface area contributed by atoms with E-state index in [0.29, 0.717) is 29.7 Å². The molecule has 3 N–H and O–H groups in total. The number of allylic oxidation sites excluding steroid dienone is 2. The lowest BCUT2D eigenvalue weighted by atomic mass is 9.49. The molecule has 10 heteroatoms. The molecule has 4 aromatic carbocycles. The van der Waals surface area contributed by atoms with Gasteiger partial charge in [0.2, 0.25) is 11.8 Å². The first-order valence-corrected chi connectivity index (χ1v) is 17.6. The van der Waals surface area contributed by atoms with Crippen LogP contribution in [-0.4, -0.2) is 57.4 Å². The van der Waals surface area contributed by atoms with Gasteiger partial charge >= 0.3 is 0 Å². The predicted octanol–water partition coefficient (Wildman–Crippen LogP) is 5.64. The number of likely N-dealkylation sites (tertiary alicyclic amines) is 1. The summed E-state index contributed by atoms with van der Waals surface area (Å²) >= 11 is 0. The molecule has 52 heavy (non-hydrogen) atoms. The van der Waals surface area contributed by atoms with E-state index in [2.05, 4.69) is 5.43 Å². The number of fused-ring (bicyclic) bond motifs is 4. The molecule has 2 saturated heterocycles. The number of imide groups is 2. The fourth-order valence-corrected chi connectivity index (χ4v) is 9.20. The number of benzene rings is 4. The number of phenols is 2. The monoisotopic (exact) mass is 697 g/mol. The highest BCUT2D eigenvalue weighted by Crippen LogP contribution is 2.64. The summed E-state index contributed by atoms with van der Waals surface area (Å²) in [5.74, 6) is -4.55. The van der Waals surface area contributed by atoms with Crippen molar-refractivity contribution >= 4 is 29.3 Å². The van der Waals surface area contributed by atoms with E-state index in [-0.39, 0.29) is 42.0 Å². The summed E-state index contributed by atoms with van der Waals surface area (Å²) in [5, 5.41) is 21.9. The van der Waals surface area contributed by atoms with Gasteiger partial charge in [-0.15, -0.1) is 0 Å². The van der Waals surface area contributed by atoms with Crippen LogP contribution in [0.2, 0.25) is 0 Å². The minimum atomic E-state index is -1.43. The van der Waals surface area contributed by atoms with Crippen molar-refractivity contribution in [3.05, 3.63) is 131 Å². The molecule has 2 heterocycles. The number of hydrogen-bond acceptors (Lipinski definition) is 8. The fraction of sp³-hybridized carbons (Fsp3) is 0.286. The molecule has 264 valence electrons. The summed E-state index contributed by atoms with van der Waals surface area (Å²) in [6.07, 6.45) is 2.92. The number of ether oxygens (including phenoxy) is 1. The number of phenolic OH excluding ortho intramolecular Hbond substituents is 2. The Morgan fingerprint density at radius 1 is 0.846 bits per heavy atom. The number of carbonyl (C=O) groups is 4. The number of hydrogen-bond donors (Lipinski definition) is 3. The van der Waals surface area contributed by atoms with Gasteiger partial charge in [-0.25, -0.2) is 0 Å². The predicted molar refractivity (Wildman–Crippen MR) is 192 cm³/mol. The maximum Gasteiger partial charge on any atom is 0.260 e. The van der Waals surface area contributed by atoms with Crippen LogP contribution >= 0.6 is 0 Å². The van der Waals surface area contributed by atoms with Crippen molar-refractivity contribution in [2.45, 2.75) is 37.5 Å². The molecular weight excluding hydrogens is 658 g/mol. The van der Waals surface area contributed by atoms with Crippen molar-refractivity contribution in [1.29, 1.82) is 0 Å². The lowest BCUT2D eigenvalue weighted by Crippen LogP contribution is -2.53. The number of methoxy groups -OCH3 is 1. The third-order valence-electron chi connectivity index (χ3n) is 11.6. The van der Waals surface area contributed by atoms with Crippen LogP contribution in [0, 0.1) is 30.6 Å². The highest BCUT2D eigenvalue weighted by atomic mass is 16.5. The van der Waals surface area contributed by atoms with Gasteiger partial charge in [0.1, 0.15) is 5.75 Å².